The number of nitrogens with zero attached hydrogens (tertiary/aromatic N) is 3. The molecule has 0 radical (unpaired) electrons. The molecular formula is C23H34IN5O. The molecule has 2 N–H and O–H groups in total. The third-order valence-electron chi connectivity index (χ3n) is 5.28. The molecule has 0 aliphatic carbocycles. The zero-order valence-electron chi connectivity index (χ0n) is 18.0. The van der Waals surface area contributed by atoms with Gasteiger partial charge in [-0.05, 0) is 42.8 Å². The Labute approximate surface area is 197 Å². The van der Waals surface area contributed by atoms with Crippen LogP contribution < -0.4 is 20.3 Å². The van der Waals surface area contributed by atoms with Crippen LogP contribution in [0, 0.1) is 0 Å². The topological polar surface area (TPSA) is 52.1 Å². The second kappa shape index (κ2) is 13.3. The third kappa shape index (κ3) is 7.68. The SMILES string of the molecule is CN=C(NCCCN1CCN(c2ccc(OC)cc2)CC1)NCc1ccccc1.I. The molecule has 1 heterocycles. The van der Waals surface area contributed by atoms with E-state index in [9.17, 15) is 0 Å². The summed E-state index contributed by atoms with van der Waals surface area (Å²) in [5.41, 5.74) is 2.53. The van der Waals surface area contributed by atoms with Crippen LogP contribution in [0.25, 0.3) is 0 Å². The summed E-state index contributed by atoms with van der Waals surface area (Å²) >= 11 is 0. The van der Waals surface area contributed by atoms with Gasteiger partial charge in [-0.1, -0.05) is 30.3 Å². The first-order valence-corrected chi connectivity index (χ1v) is 10.4. The highest BCUT2D eigenvalue weighted by molar-refractivity contribution is 14.0. The number of piperazine rings is 1. The van der Waals surface area contributed by atoms with Crippen molar-refractivity contribution in [3.8, 4) is 5.75 Å². The highest BCUT2D eigenvalue weighted by atomic mass is 127. The number of hydrogen-bond acceptors (Lipinski definition) is 4. The van der Waals surface area contributed by atoms with E-state index in [0.717, 1.165) is 63.9 Å². The molecule has 1 aliphatic rings. The fourth-order valence-electron chi connectivity index (χ4n) is 3.53. The molecule has 3 rings (SSSR count). The first-order valence-electron chi connectivity index (χ1n) is 10.4. The molecule has 0 bridgehead atoms. The van der Waals surface area contributed by atoms with Gasteiger partial charge in [0.2, 0.25) is 0 Å². The molecule has 6 nitrogen and oxygen atoms in total. The minimum Gasteiger partial charge on any atom is -0.497 e. The van der Waals surface area contributed by atoms with Crippen molar-refractivity contribution in [2.45, 2.75) is 13.0 Å². The maximum atomic E-state index is 5.25. The molecule has 7 heteroatoms. The zero-order valence-corrected chi connectivity index (χ0v) is 20.3. The number of nitrogens with one attached hydrogen (secondary N) is 2. The molecule has 0 saturated carbocycles. The maximum Gasteiger partial charge on any atom is 0.191 e. The number of aliphatic imine (C=N–C) groups is 1. The number of halogens is 1. The molecule has 2 aromatic carbocycles. The number of hydrogen-bond donors (Lipinski definition) is 2. The van der Waals surface area contributed by atoms with E-state index >= 15 is 0 Å². The predicted octanol–water partition coefficient (Wildman–Crippen LogP) is 3.19. The van der Waals surface area contributed by atoms with Gasteiger partial charge in [-0.15, -0.1) is 24.0 Å². The van der Waals surface area contributed by atoms with Crippen molar-refractivity contribution in [2.75, 3.05) is 58.3 Å². The molecule has 0 amide bonds. The van der Waals surface area contributed by atoms with Crippen molar-refractivity contribution in [3.63, 3.8) is 0 Å². The lowest BCUT2D eigenvalue weighted by Gasteiger charge is -2.36. The van der Waals surface area contributed by atoms with E-state index in [-0.39, 0.29) is 24.0 Å². The fraction of sp³-hybridized carbons (Fsp3) is 0.435. The highest BCUT2D eigenvalue weighted by Crippen LogP contribution is 2.20. The summed E-state index contributed by atoms with van der Waals surface area (Å²) in [4.78, 5) is 9.30. The minimum absolute atomic E-state index is 0. The van der Waals surface area contributed by atoms with Crippen molar-refractivity contribution in [2.24, 2.45) is 4.99 Å². The van der Waals surface area contributed by atoms with Gasteiger partial charge in [0.1, 0.15) is 5.75 Å². The molecule has 164 valence electrons. The van der Waals surface area contributed by atoms with E-state index < -0.39 is 0 Å². The number of benzene rings is 2. The van der Waals surface area contributed by atoms with Crippen LogP contribution in [-0.2, 0) is 6.54 Å². The summed E-state index contributed by atoms with van der Waals surface area (Å²) in [5.74, 6) is 1.77. The van der Waals surface area contributed by atoms with Gasteiger partial charge in [0.05, 0.1) is 7.11 Å². The molecule has 0 spiro atoms. The van der Waals surface area contributed by atoms with Crippen LogP contribution in [0.1, 0.15) is 12.0 Å². The van der Waals surface area contributed by atoms with Crippen molar-refractivity contribution < 1.29 is 4.74 Å². The molecular weight excluding hydrogens is 489 g/mol. The first kappa shape index (κ1) is 24.3. The monoisotopic (exact) mass is 523 g/mol. The lowest BCUT2D eigenvalue weighted by atomic mass is 10.2. The first-order chi connectivity index (χ1) is 14.3. The highest BCUT2D eigenvalue weighted by Gasteiger charge is 2.16. The molecule has 0 unspecified atom stereocenters. The standard InChI is InChI=1S/C23H33N5O.HI/c1-24-23(26-19-20-7-4-3-5-8-20)25-13-6-14-27-15-17-28(18-16-27)21-9-11-22(29-2)12-10-21;/h3-5,7-12H,6,13-19H2,1-2H3,(H2,24,25,26);1H. The maximum absolute atomic E-state index is 5.25. The van der Waals surface area contributed by atoms with Gasteiger partial charge in [0.25, 0.3) is 0 Å². The zero-order chi connectivity index (χ0) is 20.3. The Morgan fingerprint density at radius 1 is 0.967 bits per heavy atom. The number of anilines is 1. The summed E-state index contributed by atoms with van der Waals surface area (Å²) in [6.07, 6.45) is 1.11. The molecule has 2 aromatic rings. The molecule has 0 aromatic heterocycles. The van der Waals surface area contributed by atoms with Crippen LogP contribution in [0.5, 0.6) is 5.75 Å². The van der Waals surface area contributed by atoms with Crippen LogP contribution in [-0.4, -0.2) is 64.3 Å². The molecule has 1 fully saturated rings. The van der Waals surface area contributed by atoms with Crippen LogP contribution in [0.4, 0.5) is 5.69 Å². The molecule has 1 aliphatic heterocycles. The normalized spacial score (nSPS) is 14.7. The van der Waals surface area contributed by atoms with Crippen molar-refractivity contribution in [1.82, 2.24) is 15.5 Å². The van der Waals surface area contributed by atoms with Crippen molar-refractivity contribution >= 4 is 35.6 Å². The Morgan fingerprint density at radius 2 is 1.67 bits per heavy atom. The van der Waals surface area contributed by atoms with E-state index in [1.807, 2.05) is 25.2 Å². The lowest BCUT2D eigenvalue weighted by molar-refractivity contribution is 0.255. The van der Waals surface area contributed by atoms with Gasteiger partial charge < -0.3 is 20.3 Å². The Balaban J connectivity index is 0.00000320. The number of methoxy groups -OCH3 is 1. The average molecular weight is 523 g/mol. The van der Waals surface area contributed by atoms with Crippen LogP contribution in [0.15, 0.2) is 59.6 Å². The summed E-state index contributed by atoms with van der Waals surface area (Å²) in [6.45, 7) is 7.17. The van der Waals surface area contributed by atoms with Gasteiger partial charge in [0.15, 0.2) is 5.96 Å². The van der Waals surface area contributed by atoms with E-state index in [1.54, 1.807) is 7.11 Å². The Morgan fingerprint density at radius 3 is 2.30 bits per heavy atom. The number of ether oxygens (including phenoxy) is 1. The average Bonchev–Trinajstić information content (AvgIpc) is 2.80. The molecule has 30 heavy (non-hydrogen) atoms. The molecule has 0 atom stereocenters. The number of guanidine groups is 1. The van der Waals surface area contributed by atoms with E-state index in [2.05, 4.69) is 61.8 Å². The Hall–Kier alpha value is -2.00. The van der Waals surface area contributed by atoms with Gasteiger partial charge in [-0.25, -0.2) is 0 Å². The van der Waals surface area contributed by atoms with E-state index in [1.165, 1.54) is 11.3 Å². The quantitative estimate of drug-likeness (QED) is 0.241. The van der Waals surface area contributed by atoms with Crippen LogP contribution in [0.2, 0.25) is 0 Å². The Kier molecular flexibility index (Phi) is 10.8. The smallest absolute Gasteiger partial charge is 0.191 e. The summed E-state index contributed by atoms with van der Waals surface area (Å²) < 4.78 is 5.25. The third-order valence-corrected chi connectivity index (χ3v) is 5.28. The summed E-state index contributed by atoms with van der Waals surface area (Å²) in [5, 5.41) is 6.78. The van der Waals surface area contributed by atoms with Crippen LogP contribution >= 0.6 is 24.0 Å². The fourth-order valence-corrected chi connectivity index (χ4v) is 3.53. The molecule has 1 saturated heterocycles. The second-order valence-electron chi connectivity index (χ2n) is 7.22. The Bertz CT molecular complexity index is 746. The second-order valence-corrected chi connectivity index (χ2v) is 7.22. The van der Waals surface area contributed by atoms with Gasteiger partial charge in [-0.2, -0.15) is 0 Å². The predicted molar refractivity (Wildman–Crippen MR) is 136 cm³/mol. The van der Waals surface area contributed by atoms with E-state index in [4.69, 9.17) is 4.74 Å². The van der Waals surface area contributed by atoms with Gasteiger partial charge in [0, 0.05) is 52.0 Å². The van der Waals surface area contributed by atoms with Crippen molar-refractivity contribution in [3.05, 3.63) is 60.2 Å². The van der Waals surface area contributed by atoms with Crippen LogP contribution in [0.3, 0.4) is 0 Å². The summed E-state index contributed by atoms with van der Waals surface area (Å²) in [6, 6.07) is 18.7. The minimum atomic E-state index is 0. The summed E-state index contributed by atoms with van der Waals surface area (Å²) in [7, 11) is 3.52. The largest absolute Gasteiger partial charge is 0.497 e. The van der Waals surface area contributed by atoms with E-state index in [0.29, 0.717) is 0 Å². The van der Waals surface area contributed by atoms with Gasteiger partial charge in [-0.3, -0.25) is 9.89 Å². The van der Waals surface area contributed by atoms with Gasteiger partial charge >= 0.3 is 0 Å². The number of rotatable bonds is 8. The lowest BCUT2D eigenvalue weighted by Crippen LogP contribution is -2.47. The van der Waals surface area contributed by atoms with Crippen molar-refractivity contribution in [1.29, 1.82) is 0 Å².